The molecule has 5 heteroatoms. The Kier molecular flexibility index (Phi) is 4.58. The van der Waals surface area contributed by atoms with Gasteiger partial charge in [-0.2, -0.15) is 0 Å². The standard InChI is InChI=1S/C14H15BrN2S2/c15-10-3-1-4-11(7-10)18-9-14-17-13(8-19-14)12-5-2-6-16-12/h1,3-4,7-8,12,16H,2,5-6,9H2/t12-/m0/s1. The molecule has 1 atom stereocenters. The predicted molar refractivity (Wildman–Crippen MR) is 85.8 cm³/mol. The van der Waals surface area contributed by atoms with Crippen LogP contribution in [0.3, 0.4) is 0 Å². The Hall–Kier alpha value is -0.360. The zero-order chi connectivity index (χ0) is 13.1. The van der Waals surface area contributed by atoms with E-state index >= 15 is 0 Å². The summed E-state index contributed by atoms with van der Waals surface area (Å²) in [5.41, 5.74) is 1.23. The maximum absolute atomic E-state index is 4.75. The Balaban J connectivity index is 1.61. The van der Waals surface area contributed by atoms with Crippen LogP contribution >= 0.6 is 39.0 Å². The fourth-order valence-electron chi connectivity index (χ4n) is 2.19. The summed E-state index contributed by atoms with van der Waals surface area (Å²) >= 11 is 7.12. The van der Waals surface area contributed by atoms with Crippen LogP contribution < -0.4 is 5.32 Å². The Morgan fingerprint density at radius 3 is 3.21 bits per heavy atom. The van der Waals surface area contributed by atoms with Crippen LogP contribution in [0, 0.1) is 0 Å². The van der Waals surface area contributed by atoms with Gasteiger partial charge in [0.25, 0.3) is 0 Å². The van der Waals surface area contributed by atoms with Crippen molar-refractivity contribution in [2.24, 2.45) is 0 Å². The lowest BCUT2D eigenvalue weighted by atomic mass is 10.2. The molecule has 0 unspecified atom stereocenters. The molecule has 2 aromatic rings. The van der Waals surface area contributed by atoms with Crippen molar-refractivity contribution in [3.8, 4) is 0 Å². The molecule has 1 fully saturated rings. The van der Waals surface area contributed by atoms with Crippen LogP contribution in [0.15, 0.2) is 39.0 Å². The van der Waals surface area contributed by atoms with Gasteiger partial charge in [-0.05, 0) is 37.6 Å². The average Bonchev–Trinajstić information content (AvgIpc) is 3.07. The first-order valence-electron chi connectivity index (χ1n) is 6.37. The molecule has 1 N–H and O–H groups in total. The first-order valence-corrected chi connectivity index (χ1v) is 9.03. The van der Waals surface area contributed by atoms with Crippen LogP contribution in [0.2, 0.25) is 0 Å². The lowest BCUT2D eigenvalue weighted by Gasteiger charge is -2.05. The van der Waals surface area contributed by atoms with E-state index < -0.39 is 0 Å². The lowest BCUT2D eigenvalue weighted by Crippen LogP contribution is -2.13. The number of hydrogen-bond acceptors (Lipinski definition) is 4. The van der Waals surface area contributed by atoms with E-state index in [0.29, 0.717) is 6.04 Å². The zero-order valence-corrected chi connectivity index (χ0v) is 13.7. The molecule has 1 saturated heterocycles. The van der Waals surface area contributed by atoms with E-state index in [1.807, 2.05) is 11.8 Å². The summed E-state index contributed by atoms with van der Waals surface area (Å²) in [7, 11) is 0. The topological polar surface area (TPSA) is 24.9 Å². The number of rotatable bonds is 4. The zero-order valence-electron chi connectivity index (χ0n) is 10.4. The molecular weight excluding hydrogens is 340 g/mol. The highest BCUT2D eigenvalue weighted by Crippen LogP contribution is 2.29. The second-order valence-electron chi connectivity index (χ2n) is 4.56. The molecule has 0 amide bonds. The minimum absolute atomic E-state index is 0.487. The summed E-state index contributed by atoms with van der Waals surface area (Å²) in [4.78, 5) is 6.04. The van der Waals surface area contributed by atoms with Gasteiger partial charge in [-0.1, -0.05) is 22.0 Å². The van der Waals surface area contributed by atoms with Crippen LogP contribution in [-0.4, -0.2) is 11.5 Å². The Morgan fingerprint density at radius 1 is 1.47 bits per heavy atom. The number of halogens is 1. The number of thiazole rings is 1. The van der Waals surface area contributed by atoms with E-state index in [0.717, 1.165) is 16.8 Å². The van der Waals surface area contributed by atoms with Gasteiger partial charge in [0.05, 0.1) is 17.5 Å². The summed E-state index contributed by atoms with van der Waals surface area (Å²) in [6, 6.07) is 8.90. The Bertz CT molecular complexity index is 550. The van der Waals surface area contributed by atoms with Gasteiger partial charge in [0.1, 0.15) is 5.01 Å². The third kappa shape index (κ3) is 3.60. The van der Waals surface area contributed by atoms with Gasteiger partial charge in [-0.15, -0.1) is 23.1 Å². The van der Waals surface area contributed by atoms with Crippen LogP contribution in [0.1, 0.15) is 29.6 Å². The van der Waals surface area contributed by atoms with E-state index in [1.165, 1.54) is 28.4 Å². The molecule has 0 aliphatic carbocycles. The van der Waals surface area contributed by atoms with Crippen molar-refractivity contribution in [2.75, 3.05) is 6.54 Å². The van der Waals surface area contributed by atoms with Crippen LogP contribution in [-0.2, 0) is 5.75 Å². The van der Waals surface area contributed by atoms with E-state index in [9.17, 15) is 0 Å². The molecule has 100 valence electrons. The van der Waals surface area contributed by atoms with Gasteiger partial charge in [0, 0.05) is 14.7 Å². The minimum Gasteiger partial charge on any atom is -0.309 e. The molecule has 2 nitrogen and oxygen atoms in total. The predicted octanol–water partition coefficient (Wildman–Crippen LogP) is 4.62. The normalized spacial score (nSPS) is 18.9. The quantitative estimate of drug-likeness (QED) is 0.810. The van der Waals surface area contributed by atoms with E-state index in [2.05, 4.69) is 50.9 Å². The summed E-state index contributed by atoms with van der Waals surface area (Å²) < 4.78 is 1.13. The van der Waals surface area contributed by atoms with Crippen molar-refractivity contribution in [3.63, 3.8) is 0 Å². The van der Waals surface area contributed by atoms with Gasteiger partial charge in [-0.3, -0.25) is 0 Å². The van der Waals surface area contributed by atoms with Gasteiger partial charge >= 0.3 is 0 Å². The first kappa shape index (κ1) is 13.6. The lowest BCUT2D eigenvalue weighted by molar-refractivity contribution is 0.630. The van der Waals surface area contributed by atoms with Gasteiger partial charge < -0.3 is 5.32 Å². The first-order chi connectivity index (χ1) is 9.31. The smallest absolute Gasteiger partial charge is 0.103 e. The highest BCUT2D eigenvalue weighted by Gasteiger charge is 2.18. The highest BCUT2D eigenvalue weighted by atomic mass is 79.9. The summed E-state index contributed by atoms with van der Waals surface area (Å²) in [5.74, 6) is 0.952. The maximum Gasteiger partial charge on any atom is 0.103 e. The minimum atomic E-state index is 0.487. The van der Waals surface area contributed by atoms with Crippen molar-refractivity contribution in [1.29, 1.82) is 0 Å². The summed E-state index contributed by atoms with van der Waals surface area (Å²) in [6.45, 7) is 1.13. The van der Waals surface area contributed by atoms with Crippen molar-refractivity contribution < 1.29 is 0 Å². The van der Waals surface area contributed by atoms with E-state index in [1.54, 1.807) is 11.3 Å². The van der Waals surface area contributed by atoms with Crippen molar-refractivity contribution in [1.82, 2.24) is 10.3 Å². The van der Waals surface area contributed by atoms with Crippen LogP contribution in [0.25, 0.3) is 0 Å². The largest absolute Gasteiger partial charge is 0.309 e. The van der Waals surface area contributed by atoms with E-state index in [4.69, 9.17) is 4.98 Å². The SMILES string of the molecule is Brc1cccc(SCc2nc([C@@H]3CCCN3)cs2)c1. The van der Waals surface area contributed by atoms with Gasteiger partial charge in [0.15, 0.2) is 0 Å². The van der Waals surface area contributed by atoms with E-state index in [-0.39, 0.29) is 0 Å². The summed E-state index contributed by atoms with van der Waals surface area (Å²) in [5, 5.41) is 6.92. The molecule has 1 aromatic heterocycles. The second kappa shape index (κ2) is 6.39. The monoisotopic (exact) mass is 354 g/mol. The highest BCUT2D eigenvalue weighted by molar-refractivity contribution is 9.10. The Labute approximate surface area is 130 Å². The molecule has 0 saturated carbocycles. The molecule has 0 spiro atoms. The Morgan fingerprint density at radius 2 is 2.42 bits per heavy atom. The average molecular weight is 355 g/mol. The fraction of sp³-hybridized carbons (Fsp3) is 0.357. The maximum atomic E-state index is 4.75. The second-order valence-corrected chi connectivity index (χ2v) is 7.47. The number of hydrogen-bond donors (Lipinski definition) is 1. The molecule has 1 aliphatic heterocycles. The molecule has 1 aromatic carbocycles. The number of aromatic nitrogens is 1. The van der Waals surface area contributed by atoms with Gasteiger partial charge in [-0.25, -0.2) is 4.98 Å². The number of nitrogens with one attached hydrogen (secondary N) is 1. The number of nitrogens with zero attached hydrogens (tertiary/aromatic N) is 1. The molecule has 19 heavy (non-hydrogen) atoms. The molecule has 1 aliphatic rings. The fourth-order valence-corrected chi connectivity index (χ4v) is 4.56. The van der Waals surface area contributed by atoms with Crippen molar-refractivity contribution in [3.05, 3.63) is 44.8 Å². The van der Waals surface area contributed by atoms with Crippen molar-refractivity contribution in [2.45, 2.75) is 29.5 Å². The number of benzene rings is 1. The molecule has 2 heterocycles. The number of thioether (sulfide) groups is 1. The molecule has 0 radical (unpaired) electrons. The molecular formula is C14H15BrN2S2. The third-order valence-corrected chi connectivity index (χ3v) is 5.69. The van der Waals surface area contributed by atoms with Gasteiger partial charge in [0.2, 0.25) is 0 Å². The van der Waals surface area contributed by atoms with Crippen LogP contribution in [0.5, 0.6) is 0 Å². The van der Waals surface area contributed by atoms with Crippen molar-refractivity contribution >= 4 is 39.0 Å². The third-order valence-electron chi connectivity index (χ3n) is 3.15. The molecule has 0 bridgehead atoms. The summed E-state index contributed by atoms with van der Waals surface area (Å²) in [6.07, 6.45) is 2.49. The van der Waals surface area contributed by atoms with Crippen LogP contribution in [0.4, 0.5) is 0 Å². The molecule has 3 rings (SSSR count).